The normalized spacial score (nSPS) is 23.8. The van der Waals surface area contributed by atoms with Crippen LogP contribution in [0.3, 0.4) is 0 Å². The molecule has 1 aromatic heterocycles. The number of hydrogen-bond acceptors (Lipinski definition) is 5. The highest BCUT2D eigenvalue weighted by Crippen LogP contribution is 2.35. The van der Waals surface area contributed by atoms with E-state index in [-0.39, 0.29) is 11.5 Å². The molecule has 0 amide bonds. The molecule has 98 valence electrons. The van der Waals surface area contributed by atoms with Crippen LogP contribution in [0.1, 0.15) is 45.4 Å². The highest BCUT2D eigenvalue weighted by molar-refractivity contribution is 5.04. The summed E-state index contributed by atoms with van der Waals surface area (Å²) < 4.78 is 5.52. The van der Waals surface area contributed by atoms with Crippen LogP contribution in [-0.4, -0.2) is 27.7 Å². The number of aryl methyl sites for hydroxylation is 1. The lowest BCUT2D eigenvalue weighted by Gasteiger charge is -2.42. The molecule has 0 radical (unpaired) electrons. The third-order valence-corrected chi connectivity index (χ3v) is 3.64. The van der Waals surface area contributed by atoms with Gasteiger partial charge in [-0.2, -0.15) is 5.26 Å². The minimum atomic E-state index is -0.0803. The number of rotatable bonds is 3. The number of nitriles is 1. The minimum absolute atomic E-state index is 0.0284. The molecule has 0 spiro atoms. The molecule has 5 nitrogen and oxygen atoms in total. The lowest BCUT2D eigenvalue weighted by molar-refractivity contribution is 0.0592. The van der Waals surface area contributed by atoms with E-state index in [2.05, 4.69) is 35.0 Å². The van der Waals surface area contributed by atoms with Crippen LogP contribution in [0.25, 0.3) is 0 Å². The molecule has 0 aromatic carbocycles. The fraction of sp³-hybridized carbons (Fsp3) is 0.769. The highest BCUT2D eigenvalue weighted by atomic mass is 16.4. The molecule has 1 atom stereocenters. The Morgan fingerprint density at radius 3 is 2.78 bits per heavy atom. The van der Waals surface area contributed by atoms with E-state index in [0.717, 1.165) is 25.8 Å². The molecule has 1 aliphatic heterocycles. The average Bonchev–Trinajstić information content (AvgIpc) is 2.76. The number of likely N-dealkylation sites (tertiary alicyclic amines) is 1. The molecule has 18 heavy (non-hydrogen) atoms. The Balaban J connectivity index is 2.10. The van der Waals surface area contributed by atoms with E-state index in [1.54, 1.807) is 0 Å². The number of piperidine rings is 1. The molecule has 0 aliphatic carbocycles. The SMILES string of the molecule is CCc1nnc(CN2CCCC(C)(C)[C@@H]2C#N)o1. The van der Waals surface area contributed by atoms with Crippen LogP contribution < -0.4 is 0 Å². The quantitative estimate of drug-likeness (QED) is 0.820. The molecule has 2 heterocycles. The smallest absolute Gasteiger partial charge is 0.230 e. The molecule has 0 bridgehead atoms. The van der Waals surface area contributed by atoms with Gasteiger partial charge in [-0.15, -0.1) is 10.2 Å². The highest BCUT2D eigenvalue weighted by Gasteiger charge is 2.38. The van der Waals surface area contributed by atoms with Crippen molar-refractivity contribution in [2.45, 2.75) is 52.6 Å². The Morgan fingerprint density at radius 1 is 1.44 bits per heavy atom. The van der Waals surface area contributed by atoms with E-state index in [4.69, 9.17) is 4.42 Å². The predicted octanol–water partition coefficient (Wildman–Crippen LogP) is 2.15. The summed E-state index contributed by atoms with van der Waals surface area (Å²) in [6.07, 6.45) is 2.95. The largest absolute Gasteiger partial charge is 0.424 e. The Morgan fingerprint density at radius 2 is 2.17 bits per heavy atom. The van der Waals surface area contributed by atoms with E-state index in [0.29, 0.717) is 18.3 Å². The molecule has 1 aliphatic rings. The molecule has 0 unspecified atom stereocenters. The fourth-order valence-electron chi connectivity index (χ4n) is 2.59. The van der Waals surface area contributed by atoms with Crippen LogP contribution in [0, 0.1) is 16.7 Å². The number of nitrogens with zero attached hydrogens (tertiary/aromatic N) is 4. The zero-order valence-corrected chi connectivity index (χ0v) is 11.3. The standard InChI is InChI=1S/C13H20N4O/c1-4-11-15-16-12(18-11)9-17-7-5-6-13(2,3)10(17)8-14/h10H,4-7,9H2,1-3H3/t10-/m0/s1. The first kappa shape index (κ1) is 13.0. The van der Waals surface area contributed by atoms with Crippen molar-refractivity contribution in [2.24, 2.45) is 5.41 Å². The second kappa shape index (κ2) is 5.07. The Hall–Kier alpha value is -1.41. The molecule has 1 fully saturated rings. The van der Waals surface area contributed by atoms with Gasteiger partial charge < -0.3 is 4.42 Å². The van der Waals surface area contributed by atoms with Gasteiger partial charge >= 0.3 is 0 Å². The zero-order chi connectivity index (χ0) is 13.2. The molecule has 0 saturated carbocycles. The molecule has 1 saturated heterocycles. The molecular weight excluding hydrogens is 228 g/mol. The molecule has 1 aromatic rings. The van der Waals surface area contributed by atoms with Gasteiger partial charge in [0.1, 0.15) is 6.04 Å². The van der Waals surface area contributed by atoms with Gasteiger partial charge in [-0.25, -0.2) is 0 Å². The van der Waals surface area contributed by atoms with Gasteiger partial charge in [-0.3, -0.25) is 4.90 Å². The first-order valence-electron chi connectivity index (χ1n) is 6.51. The maximum Gasteiger partial charge on any atom is 0.230 e. The van der Waals surface area contributed by atoms with E-state index >= 15 is 0 Å². The van der Waals surface area contributed by atoms with Crippen LogP contribution in [0.15, 0.2) is 4.42 Å². The molecular formula is C13H20N4O. The van der Waals surface area contributed by atoms with Gasteiger partial charge in [-0.05, 0) is 24.8 Å². The second-order valence-electron chi connectivity index (χ2n) is 5.54. The summed E-state index contributed by atoms with van der Waals surface area (Å²) in [4.78, 5) is 2.15. The van der Waals surface area contributed by atoms with E-state index in [9.17, 15) is 5.26 Å². The average molecular weight is 248 g/mol. The predicted molar refractivity (Wildman–Crippen MR) is 66.5 cm³/mol. The Kier molecular flexibility index (Phi) is 3.67. The van der Waals surface area contributed by atoms with E-state index in [1.165, 1.54) is 0 Å². The minimum Gasteiger partial charge on any atom is -0.424 e. The maximum absolute atomic E-state index is 9.37. The lowest BCUT2D eigenvalue weighted by atomic mass is 9.77. The van der Waals surface area contributed by atoms with Crippen LogP contribution in [-0.2, 0) is 13.0 Å². The summed E-state index contributed by atoms with van der Waals surface area (Å²) >= 11 is 0. The summed E-state index contributed by atoms with van der Waals surface area (Å²) in [7, 11) is 0. The first-order valence-corrected chi connectivity index (χ1v) is 6.51. The molecule has 0 N–H and O–H groups in total. The van der Waals surface area contributed by atoms with Crippen molar-refractivity contribution < 1.29 is 4.42 Å². The van der Waals surface area contributed by atoms with Gasteiger partial charge in [0, 0.05) is 6.42 Å². The molecule has 5 heteroatoms. The van der Waals surface area contributed by atoms with Crippen LogP contribution in [0.2, 0.25) is 0 Å². The maximum atomic E-state index is 9.37. The summed E-state index contributed by atoms with van der Waals surface area (Å²) in [5.41, 5.74) is 0.0284. The van der Waals surface area contributed by atoms with Crippen LogP contribution >= 0.6 is 0 Å². The third kappa shape index (κ3) is 2.54. The topological polar surface area (TPSA) is 66.0 Å². The van der Waals surface area contributed by atoms with Gasteiger partial charge in [0.25, 0.3) is 0 Å². The van der Waals surface area contributed by atoms with Crippen molar-refractivity contribution >= 4 is 0 Å². The van der Waals surface area contributed by atoms with E-state index in [1.807, 2.05) is 6.92 Å². The van der Waals surface area contributed by atoms with Crippen molar-refractivity contribution in [3.8, 4) is 6.07 Å². The number of aromatic nitrogens is 2. The second-order valence-corrected chi connectivity index (χ2v) is 5.54. The summed E-state index contributed by atoms with van der Waals surface area (Å²) in [5, 5.41) is 17.4. The van der Waals surface area contributed by atoms with Crippen molar-refractivity contribution in [3.63, 3.8) is 0 Å². The van der Waals surface area contributed by atoms with Gasteiger partial charge in [0.15, 0.2) is 0 Å². The Bertz CT molecular complexity index is 446. The van der Waals surface area contributed by atoms with Gasteiger partial charge in [0.05, 0.1) is 12.6 Å². The molecule has 2 rings (SSSR count). The van der Waals surface area contributed by atoms with Gasteiger partial charge in [0.2, 0.25) is 11.8 Å². The Labute approximate surface area is 108 Å². The summed E-state index contributed by atoms with van der Waals surface area (Å²) in [6.45, 7) is 7.79. The summed E-state index contributed by atoms with van der Waals surface area (Å²) in [6, 6.07) is 2.34. The van der Waals surface area contributed by atoms with Crippen LogP contribution in [0.4, 0.5) is 0 Å². The fourth-order valence-corrected chi connectivity index (χ4v) is 2.59. The number of hydrogen-bond donors (Lipinski definition) is 0. The third-order valence-electron chi connectivity index (χ3n) is 3.64. The van der Waals surface area contributed by atoms with Crippen molar-refractivity contribution in [1.29, 1.82) is 5.26 Å². The monoisotopic (exact) mass is 248 g/mol. The lowest BCUT2D eigenvalue weighted by Crippen LogP contribution is -2.48. The van der Waals surface area contributed by atoms with Crippen molar-refractivity contribution in [1.82, 2.24) is 15.1 Å². The van der Waals surface area contributed by atoms with Gasteiger partial charge in [-0.1, -0.05) is 20.8 Å². The first-order chi connectivity index (χ1) is 8.56. The zero-order valence-electron chi connectivity index (χ0n) is 11.3. The summed E-state index contributed by atoms with van der Waals surface area (Å²) in [5.74, 6) is 1.28. The van der Waals surface area contributed by atoms with Crippen LogP contribution in [0.5, 0.6) is 0 Å². The van der Waals surface area contributed by atoms with Crippen molar-refractivity contribution in [2.75, 3.05) is 6.54 Å². The van der Waals surface area contributed by atoms with E-state index < -0.39 is 0 Å². The van der Waals surface area contributed by atoms with Crippen molar-refractivity contribution in [3.05, 3.63) is 11.8 Å².